The molecule has 4 rings (SSSR count). The molecule has 0 atom stereocenters. The van der Waals surface area contributed by atoms with Crippen LogP contribution in [0.5, 0.6) is 0 Å². The van der Waals surface area contributed by atoms with Crippen LogP contribution in [0, 0.1) is 5.41 Å². The van der Waals surface area contributed by atoms with Gasteiger partial charge in [-0.1, -0.05) is 48.5 Å². The maximum absolute atomic E-state index is 7.76. The minimum Gasteiger partial charge on any atom is -0.455 e. The van der Waals surface area contributed by atoms with E-state index >= 15 is 0 Å². The largest absolute Gasteiger partial charge is 0.455 e. The van der Waals surface area contributed by atoms with Crippen LogP contribution in [0.2, 0.25) is 0 Å². The van der Waals surface area contributed by atoms with Crippen LogP contribution < -0.4 is 0 Å². The quantitative estimate of drug-likeness (QED) is 0.509. The van der Waals surface area contributed by atoms with Crippen LogP contribution in [0.3, 0.4) is 0 Å². The van der Waals surface area contributed by atoms with E-state index in [1.165, 1.54) is 6.21 Å². The third-order valence-corrected chi connectivity index (χ3v) is 3.82. The fraction of sp³-hybridized carbons (Fsp3) is 0. The van der Waals surface area contributed by atoms with Crippen LogP contribution in [0.25, 0.3) is 21.9 Å². The van der Waals surface area contributed by atoms with Gasteiger partial charge < -0.3 is 9.83 Å². The summed E-state index contributed by atoms with van der Waals surface area (Å²) in [5.74, 6) is 0. The van der Waals surface area contributed by atoms with E-state index in [2.05, 4.69) is 4.99 Å². The van der Waals surface area contributed by atoms with Gasteiger partial charge in [0, 0.05) is 22.6 Å². The lowest BCUT2D eigenvalue weighted by Crippen LogP contribution is -2.01. The topological polar surface area (TPSA) is 49.4 Å². The Kier molecular flexibility index (Phi) is 3.24. The van der Waals surface area contributed by atoms with E-state index in [9.17, 15) is 0 Å². The third kappa shape index (κ3) is 2.32. The summed E-state index contributed by atoms with van der Waals surface area (Å²) in [5, 5.41) is 9.88. The smallest absolute Gasteiger partial charge is 0.144 e. The van der Waals surface area contributed by atoms with Crippen molar-refractivity contribution in [3.05, 3.63) is 78.4 Å². The first-order valence-corrected chi connectivity index (χ1v) is 7.41. The number of fused-ring (bicyclic) bond motifs is 3. The molecule has 0 amide bonds. The van der Waals surface area contributed by atoms with Crippen LogP contribution >= 0.6 is 0 Å². The van der Waals surface area contributed by atoms with Crippen molar-refractivity contribution in [1.29, 1.82) is 5.41 Å². The molecule has 1 aromatic heterocycles. The average molecular weight is 298 g/mol. The molecule has 0 saturated carbocycles. The standard InChI is InChI=1S/C20H14N2O/c21-13-18(22-14-7-2-1-3-8-14)17-11-6-10-16-15-9-4-5-12-19(15)23-20(16)17/h1-13,21H. The van der Waals surface area contributed by atoms with Gasteiger partial charge in [0.15, 0.2) is 0 Å². The van der Waals surface area contributed by atoms with Gasteiger partial charge in [0.1, 0.15) is 11.2 Å². The Labute approximate surface area is 133 Å². The first-order chi connectivity index (χ1) is 11.4. The summed E-state index contributed by atoms with van der Waals surface area (Å²) in [7, 11) is 0. The van der Waals surface area contributed by atoms with Crippen molar-refractivity contribution in [3.63, 3.8) is 0 Å². The van der Waals surface area contributed by atoms with Gasteiger partial charge in [-0.05, 0) is 24.3 Å². The molecule has 4 aromatic rings. The number of hydrogen-bond donors (Lipinski definition) is 1. The second-order valence-corrected chi connectivity index (χ2v) is 5.26. The maximum Gasteiger partial charge on any atom is 0.144 e. The van der Waals surface area contributed by atoms with Crippen LogP contribution in [0.4, 0.5) is 5.69 Å². The van der Waals surface area contributed by atoms with Gasteiger partial charge in [-0.25, -0.2) is 4.99 Å². The average Bonchev–Trinajstić information content (AvgIpc) is 2.99. The second kappa shape index (κ2) is 5.54. The van der Waals surface area contributed by atoms with Crippen LogP contribution in [0.1, 0.15) is 5.56 Å². The normalized spacial score (nSPS) is 11.9. The maximum atomic E-state index is 7.76. The van der Waals surface area contributed by atoms with Crippen LogP contribution in [0.15, 0.2) is 82.2 Å². The summed E-state index contributed by atoms with van der Waals surface area (Å²) in [6.07, 6.45) is 1.27. The van der Waals surface area contributed by atoms with Gasteiger partial charge in [0.2, 0.25) is 0 Å². The summed E-state index contributed by atoms with van der Waals surface area (Å²) in [6, 6.07) is 23.6. The number of nitrogens with one attached hydrogen (secondary N) is 1. The van der Waals surface area contributed by atoms with E-state index in [1.807, 2.05) is 72.8 Å². The Hall–Kier alpha value is -3.20. The lowest BCUT2D eigenvalue weighted by molar-refractivity contribution is 0.668. The molecular weight excluding hydrogens is 284 g/mol. The Morgan fingerprint density at radius 2 is 1.57 bits per heavy atom. The minimum absolute atomic E-state index is 0.584. The molecule has 0 saturated heterocycles. The molecule has 23 heavy (non-hydrogen) atoms. The van der Waals surface area contributed by atoms with Gasteiger partial charge in [0.05, 0.1) is 11.4 Å². The molecule has 0 spiro atoms. The molecular formula is C20H14N2O. The molecule has 0 unspecified atom stereocenters. The van der Waals surface area contributed by atoms with E-state index in [4.69, 9.17) is 9.83 Å². The summed E-state index contributed by atoms with van der Waals surface area (Å²) in [5.41, 5.74) is 3.85. The SMILES string of the molecule is N=CC(=Nc1ccccc1)c1cccc2c1oc1ccccc12. The highest BCUT2D eigenvalue weighted by molar-refractivity contribution is 6.40. The number of para-hydroxylation sites is 3. The molecule has 110 valence electrons. The Morgan fingerprint density at radius 3 is 2.39 bits per heavy atom. The molecule has 3 heteroatoms. The molecule has 1 N–H and O–H groups in total. The highest BCUT2D eigenvalue weighted by Gasteiger charge is 2.13. The minimum atomic E-state index is 0.584. The number of furan rings is 1. The molecule has 1 heterocycles. The third-order valence-electron chi connectivity index (χ3n) is 3.82. The lowest BCUT2D eigenvalue weighted by Gasteiger charge is -2.02. The predicted octanol–water partition coefficient (Wildman–Crippen LogP) is 5.36. The van der Waals surface area contributed by atoms with E-state index < -0.39 is 0 Å². The zero-order valence-electron chi connectivity index (χ0n) is 12.4. The molecule has 0 bridgehead atoms. The van der Waals surface area contributed by atoms with E-state index in [1.54, 1.807) is 0 Å². The lowest BCUT2D eigenvalue weighted by atomic mass is 10.1. The highest BCUT2D eigenvalue weighted by atomic mass is 16.3. The summed E-state index contributed by atoms with van der Waals surface area (Å²) in [4.78, 5) is 4.58. The summed E-state index contributed by atoms with van der Waals surface area (Å²) in [6.45, 7) is 0. The van der Waals surface area contributed by atoms with Crippen molar-refractivity contribution >= 4 is 39.6 Å². The number of rotatable bonds is 3. The van der Waals surface area contributed by atoms with Crippen molar-refractivity contribution in [3.8, 4) is 0 Å². The molecule has 0 aliphatic heterocycles. The first kappa shape index (κ1) is 13.5. The molecule has 0 radical (unpaired) electrons. The monoisotopic (exact) mass is 298 g/mol. The number of aliphatic imine (C=N–C) groups is 1. The molecule has 0 aliphatic carbocycles. The highest BCUT2D eigenvalue weighted by Crippen LogP contribution is 2.31. The van der Waals surface area contributed by atoms with E-state index in [0.717, 1.165) is 33.2 Å². The van der Waals surface area contributed by atoms with Crippen LogP contribution in [-0.4, -0.2) is 11.9 Å². The Morgan fingerprint density at radius 1 is 0.826 bits per heavy atom. The molecule has 3 nitrogen and oxygen atoms in total. The van der Waals surface area contributed by atoms with Gasteiger partial charge in [-0.15, -0.1) is 0 Å². The molecule has 0 aliphatic rings. The number of hydrogen-bond acceptors (Lipinski definition) is 3. The fourth-order valence-corrected chi connectivity index (χ4v) is 2.76. The Balaban J connectivity index is 1.97. The zero-order valence-corrected chi connectivity index (χ0v) is 12.4. The van der Waals surface area contributed by atoms with E-state index in [0.29, 0.717) is 5.71 Å². The van der Waals surface area contributed by atoms with Gasteiger partial charge in [-0.3, -0.25) is 0 Å². The van der Waals surface area contributed by atoms with Crippen molar-refractivity contribution in [2.75, 3.05) is 0 Å². The van der Waals surface area contributed by atoms with Crippen molar-refractivity contribution in [1.82, 2.24) is 0 Å². The van der Waals surface area contributed by atoms with Crippen molar-refractivity contribution in [2.24, 2.45) is 4.99 Å². The molecule has 0 fully saturated rings. The summed E-state index contributed by atoms with van der Waals surface area (Å²) < 4.78 is 6.02. The predicted molar refractivity (Wildman–Crippen MR) is 95.1 cm³/mol. The zero-order chi connectivity index (χ0) is 15.6. The van der Waals surface area contributed by atoms with Crippen molar-refractivity contribution < 1.29 is 4.42 Å². The number of nitrogens with zero attached hydrogens (tertiary/aromatic N) is 1. The summed E-state index contributed by atoms with van der Waals surface area (Å²) >= 11 is 0. The van der Waals surface area contributed by atoms with Crippen LogP contribution in [-0.2, 0) is 0 Å². The van der Waals surface area contributed by atoms with Crippen molar-refractivity contribution in [2.45, 2.75) is 0 Å². The van der Waals surface area contributed by atoms with Gasteiger partial charge in [0.25, 0.3) is 0 Å². The fourth-order valence-electron chi connectivity index (χ4n) is 2.76. The second-order valence-electron chi connectivity index (χ2n) is 5.26. The van der Waals surface area contributed by atoms with Gasteiger partial charge in [-0.2, -0.15) is 0 Å². The molecule has 3 aromatic carbocycles. The number of benzene rings is 3. The first-order valence-electron chi connectivity index (χ1n) is 7.41. The van der Waals surface area contributed by atoms with Gasteiger partial charge >= 0.3 is 0 Å². The van der Waals surface area contributed by atoms with E-state index in [-0.39, 0.29) is 0 Å². The Bertz CT molecular complexity index is 1030.